The number of thiocarbonyl (C=S) groups is 1. The van der Waals surface area contributed by atoms with Gasteiger partial charge in [0.25, 0.3) is 0 Å². The summed E-state index contributed by atoms with van der Waals surface area (Å²) < 4.78 is 0. The smallest absolute Gasteiger partial charge is 0.230 e. The molecule has 0 bridgehead atoms. The highest BCUT2D eigenvalue weighted by atomic mass is 35.5. The fourth-order valence-electron chi connectivity index (χ4n) is 3.21. The van der Waals surface area contributed by atoms with Crippen molar-refractivity contribution < 1.29 is 0 Å². The minimum Gasteiger partial charge on any atom is -0.376 e. The van der Waals surface area contributed by atoms with E-state index in [-0.39, 0.29) is 5.11 Å². The third-order valence-corrected chi connectivity index (χ3v) is 4.59. The first-order valence-electron chi connectivity index (χ1n) is 7.93. The summed E-state index contributed by atoms with van der Waals surface area (Å²) in [4.78, 5) is 9.34. The molecule has 1 aliphatic rings. The molecule has 25 heavy (non-hydrogen) atoms. The summed E-state index contributed by atoms with van der Waals surface area (Å²) in [5, 5.41) is 3.68. The first-order valence-corrected chi connectivity index (χ1v) is 8.72. The van der Waals surface area contributed by atoms with E-state index < -0.39 is 0 Å². The molecule has 0 saturated heterocycles. The number of hydrogen-bond acceptors (Lipinski definition) is 3. The standard InChI is InChI=1S/C19H15ClN4S/c20-13-6-3-5-12(10-13)16-15-9-8-11-4-1-2-7-14(11)17(15)23-19(22-16)24-18(21)25/h1-7,10H,8-9H2,(H3,21,22,23,24,25). The molecule has 0 unspecified atom stereocenters. The minimum atomic E-state index is 0.140. The Bertz CT molecular complexity index is 987. The molecule has 124 valence electrons. The molecular formula is C19H15ClN4S. The van der Waals surface area contributed by atoms with Crippen LogP contribution in [0, 0.1) is 0 Å². The van der Waals surface area contributed by atoms with Crippen molar-refractivity contribution >= 4 is 34.9 Å². The van der Waals surface area contributed by atoms with Crippen molar-refractivity contribution in [3.63, 3.8) is 0 Å². The van der Waals surface area contributed by atoms with E-state index in [0.717, 1.165) is 40.9 Å². The Morgan fingerprint density at radius 1 is 1.04 bits per heavy atom. The van der Waals surface area contributed by atoms with E-state index >= 15 is 0 Å². The predicted octanol–water partition coefficient (Wildman–Crippen LogP) is 4.22. The first-order chi connectivity index (χ1) is 12.1. The maximum atomic E-state index is 6.18. The first kappa shape index (κ1) is 16.0. The third kappa shape index (κ3) is 3.08. The van der Waals surface area contributed by atoms with Crippen molar-refractivity contribution in [2.75, 3.05) is 5.32 Å². The quantitative estimate of drug-likeness (QED) is 0.665. The second-order valence-electron chi connectivity index (χ2n) is 5.88. The van der Waals surface area contributed by atoms with Gasteiger partial charge < -0.3 is 11.1 Å². The van der Waals surface area contributed by atoms with Crippen LogP contribution in [0.15, 0.2) is 48.5 Å². The van der Waals surface area contributed by atoms with Gasteiger partial charge in [-0.2, -0.15) is 0 Å². The van der Waals surface area contributed by atoms with E-state index in [2.05, 4.69) is 33.5 Å². The van der Waals surface area contributed by atoms with Gasteiger partial charge in [-0.25, -0.2) is 9.97 Å². The Morgan fingerprint density at radius 3 is 2.64 bits per heavy atom. The lowest BCUT2D eigenvalue weighted by Crippen LogP contribution is -2.22. The lowest BCUT2D eigenvalue weighted by molar-refractivity contribution is 0.916. The average molecular weight is 367 g/mol. The minimum absolute atomic E-state index is 0.140. The Hall–Kier alpha value is -2.50. The van der Waals surface area contributed by atoms with Crippen molar-refractivity contribution in [3.05, 3.63) is 64.7 Å². The molecule has 0 amide bonds. The number of nitrogens with one attached hydrogen (secondary N) is 1. The molecule has 3 aromatic rings. The molecule has 1 aromatic heterocycles. The highest BCUT2D eigenvalue weighted by Gasteiger charge is 2.23. The van der Waals surface area contributed by atoms with Gasteiger partial charge in [-0.05, 0) is 42.8 Å². The van der Waals surface area contributed by atoms with Crippen LogP contribution in [0.5, 0.6) is 0 Å². The van der Waals surface area contributed by atoms with Gasteiger partial charge in [-0.3, -0.25) is 0 Å². The van der Waals surface area contributed by atoms with Gasteiger partial charge in [0.05, 0.1) is 11.4 Å². The molecule has 0 fully saturated rings. The summed E-state index contributed by atoms with van der Waals surface area (Å²) in [6.07, 6.45) is 1.84. The second kappa shape index (κ2) is 6.43. The van der Waals surface area contributed by atoms with Crippen LogP contribution in [0.1, 0.15) is 11.1 Å². The lowest BCUT2D eigenvalue weighted by Gasteiger charge is -2.22. The summed E-state index contributed by atoms with van der Waals surface area (Å²) >= 11 is 11.1. The Morgan fingerprint density at radius 2 is 1.84 bits per heavy atom. The Balaban J connectivity index is 1.97. The number of fused-ring (bicyclic) bond motifs is 3. The molecule has 2 aromatic carbocycles. The number of aryl methyl sites for hydroxylation is 1. The van der Waals surface area contributed by atoms with Gasteiger partial charge in [-0.1, -0.05) is 48.0 Å². The maximum Gasteiger partial charge on any atom is 0.230 e. The molecular weight excluding hydrogens is 352 g/mol. The van der Waals surface area contributed by atoms with Crippen LogP contribution in [0.25, 0.3) is 22.5 Å². The monoisotopic (exact) mass is 366 g/mol. The van der Waals surface area contributed by atoms with Gasteiger partial charge in [0.1, 0.15) is 0 Å². The molecule has 4 rings (SSSR count). The van der Waals surface area contributed by atoms with E-state index in [1.165, 1.54) is 5.56 Å². The fraction of sp³-hybridized carbons (Fsp3) is 0.105. The van der Waals surface area contributed by atoms with Crippen molar-refractivity contribution in [1.82, 2.24) is 9.97 Å². The van der Waals surface area contributed by atoms with Crippen LogP contribution < -0.4 is 11.1 Å². The third-order valence-electron chi connectivity index (χ3n) is 4.26. The Kier molecular flexibility index (Phi) is 4.11. The number of anilines is 1. The average Bonchev–Trinajstić information content (AvgIpc) is 2.60. The normalized spacial score (nSPS) is 12.2. The van der Waals surface area contributed by atoms with Gasteiger partial charge in [0, 0.05) is 21.7 Å². The van der Waals surface area contributed by atoms with Crippen LogP contribution in [0.2, 0.25) is 5.02 Å². The highest BCUT2D eigenvalue weighted by molar-refractivity contribution is 7.80. The molecule has 0 atom stereocenters. The molecule has 4 nitrogen and oxygen atoms in total. The highest BCUT2D eigenvalue weighted by Crippen LogP contribution is 2.37. The molecule has 0 aliphatic heterocycles. The second-order valence-corrected chi connectivity index (χ2v) is 6.76. The van der Waals surface area contributed by atoms with Crippen molar-refractivity contribution in [2.24, 2.45) is 5.73 Å². The van der Waals surface area contributed by atoms with E-state index in [1.54, 1.807) is 0 Å². The number of benzene rings is 2. The summed E-state index contributed by atoms with van der Waals surface area (Å²) in [5.74, 6) is 0.401. The van der Waals surface area contributed by atoms with E-state index in [4.69, 9.17) is 29.6 Å². The zero-order chi connectivity index (χ0) is 17.4. The molecule has 0 radical (unpaired) electrons. The van der Waals surface area contributed by atoms with Crippen LogP contribution in [-0.4, -0.2) is 15.1 Å². The summed E-state index contributed by atoms with van der Waals surface area (Å²) in [7, 11) is 0. The lowest BCUT2D eigenvalue weighted by atomic mass is 9.87. The number of nitrogens with zero attached hydrogens (tertiary/aromatic N) is 2. The van der Waals surface area contributed by atoms with E-state index in [0.29, 0.717) is 11.0 Å². The Labute approximate surface area is 156 Å². The van der Waals surface area contributed by atoms with Crippen LogP contribution in [-0.2, 0) is 12.8 Å². The van der Waals surface area contributed by atoms with Gasteiger partial charge in [0.15, 0.2) is 5.11 Å². The van der Waals surface area contributed by atoms with Gasteiger partial charge in [-0.15, -0.1) is 0 Å². The molecule has 0 saturated carbocycles. The summed E-state index contributed by atoms with van der Waals surface area (Å²) in [6.45, 7) is 0. The largest absolute Gasteiger partial charge is 0.376 e. The SMILES string of the molecule is NC(=S)Nc1nc(-c2cccc(Cl)c2)c2c(n1)-c1ccccc1CC2. The van der Waals surface area contributed by atoms with Crippen LogP contribution in [0.3, 0.4) is 0 Å². The number of rotatable bonds is 2. The molecule has 6 heteroatoms. The predicted molar refractivity (Wildman–Crippen MR) is 106 cm³/mol. The molecule has 3 N–H and O–H groups in total. The van der Waals surface area contributed by atoms with Gasteiger partial charge in [0.2, 0.25) is 5.95 Å². The number of aromatic nitrogens is 2. The van der Waals surface area contributed by atoms with Crippen LogP contribution >= 0.6 is 23.8 Å². The summed E-state index contributed by atoms with van der Waals surface area (Å²) in [6, 6.07) is 16.0. The zero-order valence-corrected chi connectivity index (χ0v) is 14.9. The van der Waals surface area contributed by atoms with Crippen molar-refractivity contribution in [3.8, 4) is 22.5 Å². The number of halogens is 1. The maximum absolute atomic E-state index is 6.18. The number of nitrogens with two attached hydrogens (primary N) is 1. The van der Waals surface area contributed by atoms with E-state index in [9.17, 15) is 0 Å². The zero-order valence-electron chi connectivity index (χ0n) is 13.3. The molecule has 1 heterocycles. The van der Waals surface area contributed by atoms with Crippen LogP contribution in [0.4, 0.5) is 5.95 Å². The van der Waals surface area contributed by atoms with Crippen molar-refractivity contribution in [2.45, 2.75) is 12.8 Å². The fourth-order valence-corrected chi connectivity index (χ4v) is 3.49. The topological polar surface area (TPSA) is 63.8 Å². The van der Waals surface area contributed by atoms with E-state index in [1.807, 2.05) is 30.3 Å². The molecule has 0 spiro atoms. The number of hydrogen-bond donors (Lipinski definition) is 2. The molecule has 1 aliphatic carbocycles. The van der Waals surface area contributed by atoms with Gasteiger partial charge >= 0.3 is 0 Å². The summed E-state index contributed by atoms with van der Waals surface area (Å²) in [5.41, 5.74) is 11.9. The van der Waals surface area contributed by atoms with Crippen molar-refractivity contribution in [1.29, 1.82) is 0 Å².